The number of aromatic nitrogens is 1. The van der Waals surface area contributed by atoms with Gasteiger partial charge in [-0.05, 0) is 23.6 Å². The molecule has 0 aliphatic heterocycles. The van der Waals surface area contributed by atoms with E-state index in [4.69, 9.17) is 4.74 Å². The van der Waals surface area contributed by atoms with E-state index in [-0.39, 0.29) is 5.43 Å². The summed E-state index contributed by atoms with van der Waals surface area (Å²) < 4.78 is 5.02. The molecule has 0 atom stereocenters. The smallest absolute Gasteiger partial charge is 0.189 e. The Kier molecular flexibility index (Phi) is 3.29. The molecule has 0 spiro atoms. The van der Waals surface area contributed by atoms with Gasteiger partial charge in [-0.2, -0.15) is 0 Å². The third-order valence-electron chi connectivity index (χ3n) is 2.88. The number of methoxy groups -OCH3 is 1. The summed E-state index contributed by atoms with van der Waals surface area (Å²) in [7, 11) is 1.62. The number of H-pyrrole nitrogens is 1. The SMILES string of the molecule is COCc1cc(=O)c2cc(C(C)C)ccc2[nH]1. The van der Waals surface area contributed by atoms with Crippen LogP contribution in [0.5, 0.6) is 0 Å². The zero-order valence-corrected chi connectivity index (χ0v) is 10.4. The lowest BCUT2D eigenvalue weighted by molar-refractivity contribution is 0.181. The number of nitrogens with one attached hydrogen (secondary N) is 1. The molecule has 90 valence electrons. The van der Waals surface area contributed by atoms with Crippen LogP contribution >= 0.6 is 0 Å². The molecule has 1 N–H and O–H groups in total. The average Bonchev–Trinajstić information content (AvgIpc) is 2.29. The molecule has 0 aliphatic carbocycles. The van der Waals surface area contributed by atoms with Crippen molar-refractivity contribution in [3.05, 3.63) is 45.7 Å². The van der Waals surface area contributed by atoms with Crippen LogP contribution in [0.3, 0.4) is 0 Å². The maximum Gasteiger partial charge on any atom is 0.189 e. The predicted octanol–water partition coefficient (Wildman–Crippen LogP) is 2.80. The molecule has 1 heterocycles. The second kappa shape index (κ2) is 4.72. The fraction of sp³-hybridized carbons (Fsp3) is 0.357. The van der Waals surface area contributed by atoms with Crippen molar-refractivity contribution < 1.29 is 4.74 Å². The molecule has 0 unspecified atom stereocenters. The van der Waals surface area contributed by atoms with Crippen molar-refractivity contribution in [3.63, 3.8) is 0 Å². The summed E-state index contributed by atoms with van der Waals surface area (Å²) in [6.07, 6.45) is 0. The van der Waals surface area contributed by atoms with Crippen molar-refractivity contribution in [2.24, 2.45) is 0 Å². The minimum atomic E-state index is 0.0494. The molecule has 0 amide bonds. The van der Waals surface area contributed by atoms with Gasteiger partial charge in [0.25, 0.3) is 0 Å². The molecule has 0 bridgehead atoms. The zero-order valence-electron chi connectivity index (χ0n) is 10.4. The Morgan fingerprint density at radius 2 is 2.06 bits per heavy atom. The minimum Gasteiger partial charge on any atom is -0.378 e. The first-order valence-electron chi connectivity index (χ1n) is 5.76. The molecule has 0 saturated carbocycles. The number of rotatable bonds is 3. The molecule has 3 heteroatoms. The molecule has 0 aliphatic rings. The van der Waals surface area contributed by atoms with Crippen LogP contribution in [-0.4, -0.2) is 12.1 Å². The van der Waals surface area contributed by atoms with E-state index in [1.54, 1.807) is 13.2 Å². The Balaban J connectivity index is 2.60. The molecule has 0 radical (unpaired) electrons. The van der Waals surface area contributed by atoms with E-state index >= 15 is 0 Å². The third-order valence-corrected chi connectivity index (χ3v) is 2.88. The average molecular weight is 231 g/mol. The van der Waals surface area contributed by atoms with E-state index in [1.807, 2.05) is 12.1 Å². The Bertz CT molecular complexity index is 584. The van der Waals surface area contributed by atoms with Crippen LogP contribution in [0.1, 0.15) is 31.0 Å². The standard InChI is InChI=1S/C14H17NO2/c1-9(2)10-4-5-13-12(6-10)14(16)7-11(15-13)8-17-3/h4-7,9H,8H2,1-3H3,(H,15,16). The fourth-order valence-electron chi connectivity index (χ4n) is 1.91. The Morgan fingerprint density at radius 1 is 1.29 bits per heavy atom. The van der Waals surface area contributed by atoms with Crippen molar-refractivity contribution in [1.82, 2.24) is 4.98 Å². The Labute approximate surface area is 100 Å². The van der Waals surface area contributed by atoms with Crippen molar-refractivity contribution in [3.8, 4) is 0 Å². The monoisotopic (exact) mass is 231 g/mol. The van der Waals surface area contributed by atoms with Gasteiger partial charge in [0.05, 0.1) is 6.61 Å². The largest absolute Gasteiger partial charge is 0.378 e. The van der Waals surface area contributed by atoms with E-state index in [9.17, 15) is 4.79 Å². The summed E-state index contributed by atoms with van der Waals surface area (Å²) in [5, 5.41) is 0.746. The van der Waals surface area contributed by atoms with E-state index < -0.39 is 0 Å². The number of aromatic amines is 1. The molecule has 1 aromatic heterocycles. The zero-order chi connectivity index (χ0) is 12.4. The molecule has 0 fully saturated rings. The van der Waals surface area contributed by atoms with Gasteiger partial charge in [-0.3, -0.25) is 4.79 Å². The predicted molar refractivity (Wildman–Crippen MR) is 69.4 cm³/mol. The van der Waals surface area contributed by atoms with Gasteiger partial charge < -0.3 is 9.72 Å². The highest BCUT2D eigenvalue weighted by molar-refractivity contribution is 5.79. The maximum atomic E-state index is 12.0. The van der Waals surface area contributed by atoms with Crippen molar-refractivity contribution in [2.75, 3.05) is 7.11 Å². The van der Waals surface area contributed by atoms with Gasteiger partial charge in [0, 0.05) is 29.8 Å². The van der Waals surface area contributed by atoms with Crippen molar-refractivity contribution in [1.29, 1.82) is 0 Å². The van der Waals surface area contributed by atoms with Gasteiger partial charge >= 0.3 is 0 Å². The fourth-order valence-corrected chi connectivity index (χ4v) is 1.91. The second-order valence-electron chi connectivity index (χ2n) is 4.55. The van der Waals surface area contributed by atoms with Crippen LogP contribution < -0.4 is 5.43 Å². The van der Waals surface area contributed by atoms with Crippen molar-refractivity contribution in [2.45, 2.75) is 26.4 Å². The van der Waals surface area contributed by atoms with Gasteiger partial charge in [0.1, 0.15) is 0 Å². The molecule has 17 heavy (non-hydrogen) atoms. The molecule has 2 rings (SSSR count). The molecule has 0 saturated heterocycles. The number of pyridine rings is 1. The lowest BCUT2D eigenvalue weighted by Gasteiger charge is -2.08. The minimum absolute atomic E-state index is 0.0494. The van der Waals surface area contributed by atoms with Crippen LogP contribution in [0.15, 0.2) is 29.1 Å². The van der Waals surface area contributed by atoms with Gasteiger partial charge in [-0.1, -0.05) is 19.9 Å². The van der Waals surface area contributed by atoms with E-state index in [2.05, 4.69) is 24.9 Å². The lowest BCUT2D eigenvalue weighted by Crippen LogP contribution is -2.06. The number of fused-ring (bicyclic) bond motifs is 1. The van der Waals surface area contributed by atoms with Gasteiger partial charge in [-0.15, -0.1) is 0 Å². The second-order valence-corrected chi connectivity index (χ2v) is 4.55. The third kappa shape index (κ3) is 2.39. The van der Waals surface area contributed by atoms with Crippen LogP contribution in [0.25, 0.3) is 10.9 Å². The summed E-state index contributed by atoms with van der Waals surface area (Å²) in [6, 6.07) is 7.59. The topological polar surface area (TPSA) is 42.1 Å². The molecule has 2 aromatic rings. The van der Waals surface area contributed by atoms with E-state index in [0.29, 0.717) is 12.5 Å². The number of benzene rings is 1. The first-order chi connectivity index (χ1) is 8.11. The Hall–Kier alpha value is -1.61. The highest BCUT2D eigenvalue weighted by Gasteiger charge is 2.05. The quantitative estimate of drug-likeness (QED) is 0.882. The van der Waals surface area contributed by atoms with Crippen LogP contribution in [0.2, 0.25) is 0 Å². The van der Waals surface area contributed by atoms with Gasteiger partial charge in [0.2, 0.25) is 0 Å². The highest BCUT2D eigenvalue weighted by atomic mass is 16.5. The normalized spacial score (nSPS) is 11.3. The first kappa shape index (κ1) is 11.9. The number of hydrogen-bond acceptors (Lipinski definition) is 2. The molecular formula is C14H17NO2. The summed E-state index contributed by atoms with van der Waals surface area (Å²) in [4.78, 5) is 15.2. The van der Waals surface area contributed by atoms with E-state index in [1.165, 1.54) is 5.56 Å². The maximum absolute atomic E-state index is 12.0. The molecular weight excluding hydrogens is 214 g/mol. The molecule has 1 aromatic carbocycles. The van der Waals surface area contributed by atoms with Crippen molar-refractivity contribution >= 4 is 10.9 Å². The first-order valence-corrected chi connectivity index (χ1v) is 5.76. The summed E-state index contributed by atoms with van der Waals surface area (Å²) >= 11 is 0. The van der Waals surface area contributed by atoms with Gasteiger partial charge in [0.15, 0.2) is 5.43 Å². The highest BCUT2D eigenvalue weighted by Crippen LogP contribution is 2.18. The lowest BCUT2D eigenvalue weighted by atomic mass is 10.0. The van der Waals surface area contributed by atoms with Crippen LogP contribution in [0.4, 0.5) is 0 Å². The van der Waals surface area contributed by atoms with Gasteiger partial charge in [-0.25, -0.2) is 0 Å². The van der Waals surface area contributed by atoms with Crippen LogP contribution in [-0.2, 0) is 11.3 Å². The molecule has 3 nitrogen and oxygen atoms in total. The summed E-state index contributed by atoms with van der Waals surface area (Å²) in [6.45, 7) is 4.67. The van der Waals surface area contributed by atoms with Crippen LogP contribution in [0, 0.1) is 0 Å². The Morgan fingerprint density at radius 3 is 2.71 bits per heavy atom. The summed E-state index contributed by atoms with van der Waals surface area (Å²) in [5.41, 5.74) is 2.91. The summed E-state index contributed by atoms with van der Waals surface area (Å²) in [5.74, 6) is 0.428. The number of ether oxygens (including phenoxy) is 1. The number of hydrogen-bond donors (Lipinski definition) is 1. The van der Waals surface area contributed by atoms with E-state index in [0.717, 1.165) is 16.6 Å².